The van der Waals surface area contributed by atoms with Crippen LogP contribution in [0.3, 0.4) is 0 Å². The van der Waals surface area contributed by atoms with E-state index in [4.69, 9.17) is 0 Å². The molecule has 0 fully saturated rings. The van der Waals surface area contributed by atoms with E-state index in [1.807, 2.05) is 25.1 Å². The second-order valence-corrected chi connectivity index (χ2v) is 4.34. The maximum atomic E-state index is 11.6. The summed E-state index contributed by atoms with van der Waals surface area (Å²) in [6, 6.07) is 5.79. The summed E-state index contributed by atoms with van der Waals surface area (Å²) >= 11 is 1.45. The van der Waals surface area contributed by atoms with Gasteiger partial charge in [0.1, 0.15) is 0 Å². The highest BCUT2D eigenvalue weighted by atomic mass is 32.1. The van der Waals surface area contributed by atoms with Crippen molar-refractivity contribution in [1.82, 2.24) is 4.37 Å². The highest BCUT2D eigenvalue weighted by molar-refractivity contribution is 7.13. The van der Waals surface area contributed by atoms with Crippen molar-refractivity contribution in [2.45, 2.75) is 13.8 Å². The van der Waals surface area contributed by atoms with Crippen LogP contribution in [0.15, 0.2) is 36.0 Å². The van der Waals surface area contributed by atoms with Crippen molar-refractivity contribution in [3.8, 4) is 0 Å². The Balaban J connectivity index is 2.24. The van der Waals surface area contributed by atoms with Crippen molar-refractivity contribution >= 4 is 33.2 Å². The first-order valence-electron chi connectivity index (χ1n) is 4.99. The van der Waals surface area contributed by atoms with Crippen LogP contribution in [-0.4, -0.2) is 10.3 Å². The summed E-state index contributed by atoms with van der Waals surface area (Å²) in [5.41, 5.74) is 1.52. The molecular weight excluding hydrogens is 220 g/mol. The van der Waals surface area contributed by atoms with Crippen molar-refractivity contribution in [3.63, 3.8) is 0 Å². The zero-order chi connectivity index (χ0) is 11.5. The molecule has 0 bridgehead atoms. The van der Waals surface area contributed by atoms with E-state index in [1.54, 1.807) is 19.2 Å². The minimum absolute atomic E-state index is 0.0648. The summed E-state index contributed by atoms with van der Waals surface area (Å²) in [5, 5.41) is 3.90. The summed E-state index contributed by atoms with van der Waals surface area (Å²) in [7, 11) is 0. The third-order valence-corrected chi connectivity index (χ3v) is 3.18. The van der Waals surface area contributed by atoms with Crippen LogP contribution in [0.4, 0.5) is 5.69 Å². The van der Waals surface area contributed by atoms with Crippen LogP contribution < -0.4 is 5.32 Å². The van der Waals surface area contributed by atoms with Gasteiger partial charge in [-0.25, -0.2) is 0 Å². The summed E-state index contributed by atoms with van der Waals surface area (Å²) in [6.45, 7) is 3.64. The quantitative estimate of drug-likeness (QED) is 0.808. The van der Waals surface area contributed by atoms with Gasteiger partial charge in [-0.05, 0) is 43.6 Å². The van der Waals surface area contributed by atoms with Gasteiger partial charge in [-0.3, -0.25) is 4.79 Å². The van der Waals surface area contributed by atoms with Gasteiger partial charge in [0.15, 0.2) is 0 Å². The fourth-order valence-electron chi connectivity index (χ4n) is 1.31. The third kappa shape index (κ3) is 2.12. The zero-order valence-corrected chi connectivity index (χ0v) is 9.97. The molecule has 0 radical (unpaired) electrons. The predicted octanol–water partition coefficient (Wildman–Crippen LogP) is 3.20. The topological polar surface area (TPSA) is 42.0 Å². The molecule has 0 saturated heterocycles. The Labute approximate surface area is 98.0 Å². The highest BCUT2D eigenvalue weighted by Gasteiger charge is 2.04. The maximum absolute atomic E-state index is 11.6. The van der Waals surface area contributed by atoms with Crippen molar-refractivity contribution in [2.75, 3.05) is 5.32 Å². The van der Waals surface area contributed by atoms with Gasteiger partial charge in [0.25, 0.3) is 5.91 Å². The first kappa shape index (κ1) is 10.8. The van der Waals surface area contributed by atoms with E-state index in [9.17, 15) is 4.79 Å². The molecule has 3 nitrogen and oxygen atoms in total. The molecule has 0 aliphatic heterocycles. The molecule has 2 rings (SSSR count). The van der Waals surface area contributed by atoms with Crippen molar-refractivity contribution < 1.29 is 4.79 Å². The Morgan fingerprint density at radius 2 is 2.31 bits per heavy atom. The monoisotopic (exact) mass is 232 g/mol. The van der Waals surface area contributed by atoms with Crippen molar-refractivity contribution in [2.24, 2.45) is 0 Å². The largest absolute Gasteiger partial charge is 0.322 e. The summed E-state index contributed by atoms with van der Waals surface area (Å²) < 4.78 is 5.22. The number of nitrogens with zero attached hydrogens (tertiary/aromatic N) is 1. The molecule has 0 atom stereocenters. The fraction of sp³-hybridized carbons (Fsp3) is 0.167. The Morgan fingerprint density at radius 1 is 1.50 bits per heavy atom. The highest BCUT2D eigenvalue weighted by Crippen LogP contribution is 2.22. The smallest absolute Gasteiger partial charge is 0.250 e. The lowest BCUT2D eigenvalue weighted by Gasteiger charge is -2.04. The van der Waals surface area contributed by atoms with Crippen LogP contribution >= 0.6 is 11.5 Å². The first-order valence-corrected chi connectivity index (χ1v) is 5.77. The molecule has 0 spiro atoms. The number of hydrogen-bond donors (Lipinski definition) is 1. The van der Waals surface area contributed by atoms with E-state index < -0.39 is 0 Å². The second-order valence-electron chi connectivity index (χ2n) is 3.50. The molecule has 2 aromatic rings. The number of carbonyl (C=O) groups excluding carboxylic acids is 1. The number of fused-ring (bicyclic) bond motifs is 1. The average Bonchev–Trinajstić information content (AvgIpc) is 2.75. The molecule has 4 heteroatoms. The number of amides is 1. The summed E-state index contributed by atoms with van der Waals surface area (Å²) in [4.78, 5) is 11.6. The molecule has 0 aliphatic carbocycles. The number of nitrogens with one attached hydrogen (secondary N) is 1. The summed E-state index contributed by atoms with van der Waals surface area (Å²) in [6.07, 6.45) is 3.60. The number of rotatable bonds is 2. The van der Waals surface area contributed by atoms with E-state index in [0.717, 1.165) is 15.8 Å². The van der Waals surface area contributed by atoms with Gasteiger partial charge in [0.2, 0.25) is 0 Å². The van der Waals surface area contributed by atoms with Gasteiger partial charge in [0, 0.05) is 22.8 Å². The Hall–Kier alpha value is -1.68. The van der Waals surface area contributed by atoms with Crippen LogP contribution in [0, 0.1) is 0 Å². The van der Waals surface area contributed by atoms with Gasteiger partial charge in [-0.2, -0.15) is 4.37 Å². The molecule has 1 N–H and O–H groups in total. The minimum Gasteiger partial charge on any atom is -0.322 e. The zero-order valence-electron chi connectivity index (χ0n) is 9.15. The van der Waals surface area contributed by atoms with Crippen molar-refractivity contribution in [1.29, 1.82) is 0 Å². The molecule has 0 saturated carbocycles. The van der Waals surface area contributed by atoms with Gasteiger partial charge in [-0.1, -0.05) is 6.08 Å². The fourth-order valence-corrected chi connectivity index (χ4v) is 1.94. The lowest BCUT2D eigenvalue weighted by Crippen LogP contribution is -2.12. The molecule has 0 aliphatic rings. The predicted molar refractivity (Wildman–Crippen MR) is 67.7 cm³/mol. The standard InChI is InChI=1S/C12H12N2OS/c1-3-8(2)12(15)14-10-4-5-11-9(6-10)7-13-16-11/h3-7H,1-2H3,(H,14,15)/b8-3-. The lowest BCUT2D eigenvalue weighted by molar-refractivity contribution is -0.112. The van der Waals surface area contributed by atoms with Crippen LogP contribution in [-0.2, 0) is 4.79 Å². The molecular formula is C12H12N2OS. The van der Waals surface area contributed by atoms with E-state index >= 15 is 0 Å². The van der Waals surface area contributed by atoms with Gasteiger partial charge >= 0.3 is 0 Å². The molecule has 1 amide bonds. The lowest BCUT2D eigenvalue weighted by atomic mass is 10.2. The number of carbonyl (C=O) groups is 1. The molecule has 16 heavy (non-hydrogen) atoms. The minimum atomic E-state index is -0.0648. The van der Waals surface area contributed by atoms with Gasteiger partial charge < -0.3 is 5.32 Å². The van der Waals surface area contributed by atoms with Crippen LogP contribution in [0.5, 0.6) is 0 Å². The average molecular weight is 232 g/mol. The van der Waals surface area contributed by atoms with Gasteiger partial charge in [-0.15, -0.1) is 0 Å². The number of hydrogen-bond acceptors (Lipinski definition) is 3. The molecule has 82 valence electrons. The number of aromatic nitrogens is 1. The third-order valence-electron chi connectivity index (χ3n) is 2.40. The first-order chi connectivity index (χ1) is 7.70. The van der Waals surface area contributed by atoms with Crippen LogP contribution in [0.2, 0.25) is 0 Å². The second kappa shape index (κ2) is 4.45. The summed E-state index contributed by atoms with van der Waals surface area (Å²) in [5.74, 6) is -0.0648. The molecule has 1 aromatic carbocycles. The molecule has 0 unspecified atom stereocenters. The maximum Gasteiger partial charge on any atom is 0.250 e. The van der Waals surface area contributed by atoms with Gasteiger partial charge in [0.05, 0.1) is 4.70 Å². The number of anilines is 1. The Kier molecular flexibility index (Phi) is 3.01. The Morgan fingerprint density at radius 3 is 3.06 bits per heavy atom. The van der Waals surface area contributed by atoms with Crippen LogP contribution in [0.1, 0.15) is 13.8 Å². The van der Waals surface area contributed by atoms with Crippen molar-refractivity contribution in [3.05, 3.63) is 36.0 Å². The van der Waals surface area contributed by atoms with E-state index in [2.05, 4.69) is 9.69 Å². The van der Waals surface area contributed by atoms with E-state index in [0.29, 0.717) is 5.57 Å². The van der Waals surface area contributed by atoms with E-state index in [1.165, 1.54) is 11.5 Å². The van der Waals surface area contributed by atoms with Crippen LogP contribution in [0.25, 0.3) is 10.1 Å². The SMILES string of the molecule is C/C=C(/C)C(=O)Nc1ccc2sncc2c1. The van der Waals surface area contributed by atoms with E-state index in [-0.39, 0.29) is 5.91 Å². The molecule has 1 heterocycles. The Bertz CT molecular complexity index is 557. The number of benzene rings is 1. The normalized spacial score (nSPS) is 11.8. The molecule has 1 aromatic heterocycles. The number of allylic oxidation sites excluding steroid dienone is 1.